The van der Waals surface area contributed by atoms with Crippen LogP contribution in [0.5, 0.6) is 17.4 Å². The van der Waals surface area contributed by atoms with Gasteiger partial charge in [-0.15, -0.1) is 0 Å². The zero-order valence-corrected chi connectivity index (χ0v) is 19.1. The van der Waals surface area contributed by atoms with Crippen molar-refractivity contribution in [2.24, 2.45) is 0 Å². The summed E-state index contributed by atoms with van der Waals surface area (Å²) < 4.78 is 17.5. The molecule has 0 fully saturated rings. The molecule has 1 aromatic heterocycles. The second-order valence-corrected chi connectivity index (χ2v) is 8.82. The van der Waals surface area contributed by atoms with E-state index in [1.165, 1.54) is 33.4 Å². The number of hydrogen-bond donors (Lipinski definition) is 1. The van der Waals surface area contributed by atoms with E-state index in [1.54, 1.807) is 19.4 Å². The van der Waals surface area contributed by atoms with E-state index < -0.39 is 5.97 Å². The van der Waals surface area contributed by atoms with Gasteiger partial charge in [-0.05, 0) is 72.2 Å². The van der Waals surface area contributed by atoms with E-state index in [2.05, 4.69) is 49.2 Å². The summed E-state index contributed by atoms with van der Waals surface area (Å²) >= 11 is 0. The first-order chi connectivity index (χ1) is 15.9. The van der Waals surface area contributed by atoms with Gasteiger partial charge in [-0.2, -0.15) is 0 Å². The number of aryl methyl sites for hydroxylation is 2. The lowest BCUT2D eigenvalue weighted by atomic mass is 9.90. The summed E-state index contributed by atoms with van der Waals surface area (Å²) in [4.78, 5) is 15.5. The van der Waals surface area contributed by atoms with E-state index in [4.69, 9.17) is 19.3 Å². The van der Waals surface area contributed by atoms with Crippen molar-refractivity contribution in [3.05, 3.63) is 70.4 Å². The van der Waals surface area contributed by atoms with Crippen LogP contribution in [0.3, 0.4) is 0 Å². The SMILES string of the molecule is COc1cc(C)c(-c2cccc3c2CCC3Oc2cc3c(cn2)[C@H](CC(=O)O)CO3)c(C)c1. The van der Waals surface area contributed by atoms with Crippen LogP contribution in [0.25, 0.3) is 11.1 Å². The number of hydrogen-bond acceptors (Lipinski definition) is 5. The standard InChI is InChI=1S/C27H27NO5/c1-15-9-18(31-3)10-16(2)27(15)21-6-4-5-20-19(21)7-8-23(20)33-25-12-24-22(13-28-25)17(14-32-24)11-26(29)30/h4-6,9-10,12-13,17,23H,7-8,11,14H2,1-3H3,(H,29,30)/t17-,23?/m1/s1. The predicted octanol–water partition coefficient (Wildman–Crippen LogP) is 5.39. The first-order valence-electron chi connectivity index (χ1n) is 11.2. The Morgan fingerprint density at radius 1 is 1.18 bits per heavy atom. The number of benzene rings is 2. The lowest BCUT2D eigenvalue weighted by molar-refractivity contribution is -0.137. The highest BCUT2D eigenvalue weighted by Gasteiger charge is 2.30. The van der Waals surface area contributed by atoms with E-state index >= 15 is 0 Å². The van der Waals surface area contributed by atoms with Crippen molar-refractivity contribution in [3.63, 3.8) is 0 Å². The Hall–Kier alpha value is -3.54. The van der Waals surface area contributed by atoms with Gasteiger partial charge in [0.1, 0.15) is 17.6 Å². The van der Waals surface area contributed by atoms with Crippen LogP contribution in [0.4, 0.5) is 0 Å². The maximum absolute atomic E-state index is 11.1. The number of aliphatic carboxylic acids is 1. The van der Waals surface area contributed by atoms with Gasteiger partial charge in [-0.1, -0.05) is 18.2 Å². The lowest BCUT2D eigenvalue weighted by Crippen LogP contribution is -2.07. The van der Waals surface area contributed by atoms with Crippen molar-refractivity contribution in [2.75, 3.05) is 13.7 Å². The van der Waals surface area contributed by atoms with Crippen LogP contribution < -0.4 is 14.2 Å². The monoisotopic (exact) mass is 445 g/mol. The maximum atomic E-state index is 11.1. The molecule has 0 radical (unpaired) electrons. The lowest BCUT2D eigenvalue weighted by Gasteiger charge is -2.18. The minimum absolute atomic E-state index is 0.0395. The summed E-state index contributed by atoms with van der Waals surface area (Å²) in [6.07, 6.45) is 3.46. The van der Waals surface area contributed by atoms with Crippen LogP contribution in [-0.4, -0.2) is 29.8 Å². The first-order valence-corrected chi connectivity index (χ1v) is 11.2. The molecule has 2 aliphatic rings. The molecule has 2 aromatic carbocycles. The highest BCUT2D eigenvalue weighted by atomic mass is 16.5. The fourth-order valence-electron chi connectivity index (χ4n) is 5.17. The second kappa shape index (κ2) is 8.43. The Bertz CT molecular complexity index is 1210. The Balaban J connectivity index is 1.42. The van der Waals surface area contributed by atoms with Crippen LogP contribution in [0, 0.1) is 13.8 Å². The molecule has 5 rings (SSSR count). The smallest absolute Gasteiger partial charge is 0.304 e. The average Bonchev–Trinajstić information content (AvgIpc) is 3.37. The van der Waals surface area contributed by atoms with E-state index in [1.807, 2.05) is 0 Å². The zero-order chi connectivity index (χ0) is 23.1. The topological polar surface area (TPSA) is 77.9 Å². The molecule has 0 saturated heterocycles. The van der Waals surface area contributed by atoms with Crippen LogP contribution >= 0.6 is 0 Å². The molecule has 0 amide bonds. The summed E-state index contributed by atoms with van der Waals surface area (Å²) in [5.41, 5.74) is 8.23. The molecule has 0 bridgehead atoms. The van der Waals surface area contributed by atoms with E-state index in [-0.39, 0.29) is 18.4 Å². The summed E-state index contributed by atoms with van der Waals surface area (Å²) in [5.74, 6) is 1.05. The third kappa shape index (κ3) is 3.90. The molecule has 1 N–H and O–H groups in total. The fraction of sp³-hybridized carbons (Fsp3) is 0.333. The number of carboxylic acids is 1. The molecule has 1 aliphatic heterocycles. The number of fused-ring (bicyclic) bond motifs is 2. The molecular weight excluding hydrogens is 418 g/mol. The summed E-state index contributed by atoms with van der Waals surface area (Å²) in [7, 11) is 1.69. The molecule has 3 aromatic rings. The molecule has 33 heavy (non-hydrogen) atoms. The van der Waals surface area contributed by atoms with Crippen molar-refractivity contribution in [3.8, 4) is 28.5 Å². The normalized spacial score (nSPS) is 18.4. The highest BCUT2D eigenvalue weighted by Crippen LogP contribution is 2.43. The van der Waals surface area contributed by atoms with E-state index in [0.29, 0.717) is 18.2 Å². The van der Waals surface area contributed by atoms with Crippen molar-refractivity contribution in [1.29, 1.82) is 0 Å². The van der Waals surface area contributed by atoms with E-state index in [9.17, 15) is 4.79 Å². The van der Waals surface area contributed by atoms with E-state index in [0.717, 1.165) is 24.2 Å². The number of rotatable bonds is 6. The van der Waals surface area contributed by atoms with Gasteiger partial charge in [0.05, 0.1) is 20.1 Å². The van der Waals surface area contributed by atoms with Crippen LogP contribution in [0.1, 0.15) is 52.7 Å². The fourth-order valence-corrected chi connectivity index (χ4v) is 5.17. The number of carbonyl (C=O) groups is 1. The van der Waals surface area contributed by atoms with Crippen molar-refractivity contribution >= 4 is 5.97 Å². The van der Waals surface area contributed by atoms with Gasteiger partial charge >= 0.3 is 5.97 Å². The molecule has 2 atom stereocenters. The number of methoxy groups -OCH3 is 1. The summed E-state index contributed by atoms with van der Waals surface area (Å²) in [6, 6.07) is 12.4. The number of nitrogens with zero attached hydrogens (tertiary/aromatic N) is 1. The molecule has 6 nitrogen and oxygen atoms in total. The molecule has 6 heteroatoms. The number of aromatic nitrogens is 1. The molecule has 1 unspecified atom stereocenters. The van der Waals surface area contributed by atoms with Gasteiger partial charge in [-0.3, -0.25) is 4.79 Å². The molecule has 170 valence electrons. The third-order valence-corrected chi connectivity index (χ3v) is 6.66. The minimum Gasteiger partial charge on any atom is -0.497 e. The maximum Gasteiger partial charge on any atom is 0.304 e. The molecule has 0 spiro atoms. The van der Waals surface area contributed by atoms with Gasteiger partial charge in [-0.25, -0.2) is 4.98 Å². The summed E-state index contributed by atoms with van der Waals surface area (Å²) in [5, 5.41) is 9.10. The summed E-state index contributed by atoms with van der Waals surface area (Å²) in [6.45, 7) is 4.61. The predicted molar refractivity (Wildman–Crippen MR) is 124 cm³/mol. The Morgan fingerprint density at radius 2 is 1.97 bits per heavy atom. The second-order valence-electron chi connectivity index (χ2n) is 8.82. The van der Waals surface area contributed by atoms with Gasteiger partial charge in [0.2, 0.25) is 5.88 Å². The Labute approximate surface area is 193 Å². The Kier molecular flexibility index (Phi) is 5.44. The van der Waals surface area contributed by atoms with Gasteiger partial charge < -0.3 is 19.3 Å². The van der Waals surface area contributed by atoms with Gasteiger partial charge in [0.15, 0.2) is 0 Å². The first kappa shape index (κ1) is 21.3. The molecule has 0 saturated carbocycles. The average molecular weight is 446 g/mol. The largest absolute Gasteiger partial charge is 0.497 e. The third-order valence-electron chi connectivity index (χ3n) is 6.66. The molecular formula is C27H27NO5. The quantitative estimate of drug-likeness (QED) is 0.548. The molecule has 2 heterocycles. The van der Waals surface area contributed by atoms with Gasteiger partial charge in [0.25, 0.3) is 0 Å². The minimum atomic E-state index is -0.836. The number of pyridine rings is 1. The number of ether oxygens (including phenoxy) is 3. The van der Waals surface area contributed by atoms with Crippen molar-refractivity contribution in [1.82, 2.24) is 4.98 Å². The van der Waals surface area contributed by atoms with Crippen LogP contribution in [0.15, 0.2) is 42.6 Å². The Morgan fingerprint density at radius 3 is 2.70 bits per heavy atom. The highest BCUT2D eigenvalue weighted by molar-refractivity contribution is 5.76. The number of carboxylic acid groups (broad SMARTS) is 1. The zero-order valence-electron chi connectivity index (χ0n) is 19.1. The van der Waals surface area contributed by atoms with Crippen LogP contribution in [0.2, 0.25) is 0 Å². The van der Waals surface area contributed by atoms with Crippen LogP contribution in [-0.2, 0) is 11.2 Å². The van der Waals surface area contributed by atoms with Gasteiger partial charge in [0, 0.05) is 23.7 Å². The molecule has 1 aliphatic carbocycles. The van der Waals surface area contributed by atoms with Crippen molar-refractivity contribution < 1.29 is 24.1 Å². The van der Waals surface area contributed by atoms with Crippen molar-refractivity contribution in [2.45, 2.75) is 45.1 Å².